The van der Waals surface area contributed by atoms with E-state index in [1.807, 2.05) is 31.6 Å². The van der Waals surface area contributed by atoms with Crippen molar-refractivity contribution in [3.8, 4) is 11.5 Å². The fraction of sp³-hybridized carbons (Fsp3) is 0.500. The number of pyridine rings is 1. The molecular weight excluding hydrogens is 651 g/mol. The predicted molar refractivity (Wildman–Crippen MR) is 194 cm³/mol. The summed E-state index contributed by atoms with van der Waals surface area (Å²) in [6.07, 6.45) is 12.3. The summed E-state index contributed by atoms with van der Waals surface area (Å²) >= 11 is 1.58. The van der Waals surface area contributed by atoms with Crippen molar-refractivity contribution in [2.24, 2.45) is 11.8 Å². The number of aryl methyl sites for hydroxylation is 2. The Labute approximate surface area is 298 Å². The lowest BCUT2D eigenvalue weighted by Gasteiger charge is -2.44. The average Bonchev–Trinajstić information content (AvgIpc) is 4.04. The summed E-state index contributed by atoms with van der Waals surface area (Å²) in [5, 5.41) is 16.3. The van der Waals surface area contributed by atoms with E-state index in [1.165, 1.54) is 10.4 Å². The molecule has 0 bridgehead atoms. The van der Waals surface area contributed by atoms with Gasteiger partial charge < -0.3 is 25.0 Å². The Kier molecular flexibility index (Phi) is 8.97. The van der Waals surface area contributed by atoms with Crippen molar-refractivity contribution in [3.05, 3.63) is 75.7 Å². The zero-order valence-electron chi connectivity index (χ0n) is 29.0. The van der Waals surface area contributed by atoms with Crippen LogP contribution in [0.1, 0.15) is 96.0 Å². The first-order chi connectivity index (χ1) is 24.4. The molecule has 4 aromatic rings. The minimum Gasteiger partial charge on any atom is -0.497 e. The highest BCUT2D eigenvalue weighted by molar-refractivity contribution is 7.17. The standard InChI is InChI=1S/C38H45N7O4S.H2/c1-22-4-7-25(19-39-22)27-14-29(15-27)44(20-26-10-12-30(48-2)17-32(26)49-3)38-43-41-21-45(38)28-11-13-33-31(16-28)34(36(47)40-18-23-5-6-23)37(50-33)42-35(46)24-8-9-24;/h4,7,10,12,17,19,21,23-24,27-29H,5-6,8-9,11,13-16,18,20H2,1-3H3,(H,40,47)(H,42,46);1H/t27?,28-,29?;/m0./s1. The molecule has 50 heavy (non-hydrogen) atoms. The molecular formula is C38H47N7O4S. The first-order valence-electron chi connectivity index (χ1n) is 17.9. The van der Waals surface area contributed by atoms with Crippen LogP contribution in [0.2, 0.25) is 0 Å². The van der Waals surface area contributed by atoms with Crippen LogP contribution in [0.15, 0.2) is 42.9 Å². The first kappa shape index (κ1) is 32.7. The number of thiophene rings is 1. The molecule has 264 valence electrons. The van der Waals surface area contributed by atoms with Crippen LogP contribution in [-0.4, -0.2) is 58.4 Å². The van der Waals surface area contributed by atoms with E-state index in [9.17, 15) is 9.59 Å². The fourth-order valence-corrected chi connectivity index (χ4v) is 8.65. The van der Waals surface area contributed by atoms with Gasteiger partial charge in [-0.05, 0) is 106 Å². The number of benzene rings is 1. The van der Waals surface area contributed by atoms with E-state index >= 15 is 0 Å². The van der Waals surface area contributed by atoms with Crippen LogP contribution in [0.4, 0.5) is 10.9 Å². The van der Waals surface area contributed by atoms with E-state index in [0.29, 0.717) is 41.9 Å². The smallest absolute Gasteiger partial charge is 0.254 e. The quantitative estimate of drug-likeness (QED) is 0.163. The number of fused-ring (bicyclic) bond motifs is 1. The van der Waals surface area contributed by atoms with E-state index in [0.717, 1.165) is 85.6 Å². The molecule has 3 aromatic heterocycles. The summed E-state index contributed by atoms with van der Waals surface area (Å²) < 4.78 is 13.5. The number of nitrogens with one attached hydrogen (secondary N) is 2. The summed E-state index contributed by atoms with van der Waals surface area (Å²) in [5.41, 5.74) is 5.02. The third kappa shape index (κ3) is 6.69. The van der Waals surface area contributed by atoms with Gasteiger partial charge in [-0.2, -0.15) is 0 Å². The van der Waals surface area contributed by atoms with Gasteiger partial charge in [0, 0.05) is 60.9 Å². The van der Waals surface area contributed by atoms with Crippen LogP contribution in [-0.2, 0) is 24.2 Å². The van der Waals surface area contributed by atoms with Crippen molar-refractivity contribution in [3.63, 3.8) is 0 Å². The zero-order valence-corrected chi connectivity index (χ0v) is 29.8. The Bertz CT molecular complexity index is 1880. The number of aromatic nitrogens is 4. The van der Waals surface area contributed by atoms with Gasteiger partial charge in [-0.3, -0.25) is 19.1 Å². The molecule has 2 N–H and O–H groups in total. The Morgan fingerprint density at radius 1 is 1.08 bits per heavy atom. The highest BCUT2D eigenvalue weighted by Gasteiger charge is 2.39. The van der Waals surface area contributed by atoms with E-state index in [-0.39, 0.29) is 31.2 Å². The van der Waals surface area contributed by atoms with Crippen molar-refractivity contribution in [1.29, 1.82) is 0 Å². The van der Waals surface area contributed by atoms with E-state index in [2.05, 4.69) is 48.4 Å². The van der Waals surface area contributed by atoms with Gasteiger partial charge >= 0.3 is 0 Å². The summed E-state index contributed by atoms with van der Waals surface area (Å²) in [6.45, 7) is 3.30. The Hall–Kier alpha value is -4.45. The van der Waals surface area contributed by atoms with Gasteiger partial charge in [0.2, 0.25) is 11.9 Å². The molecule has 1 atom stereocenters. The maximum atomic E-state index is 13.8. The molecule has 0 unspecified atom stereocenters. The van der Waals surface area contributed by atoms with Crippen molar-refractivity contribution in [2.45, 2.75) is 89.3 Å². The molecule has 11 nitrogen and oxygen atoms in total. The highest BCUT2D eigenvalue weighted by Crippen LogP contribution is 2.45. The third-order valence-corrected chi connectivity index (χ3v) is 12.1. The largest absolute Gasteiger partial charge is 0.497 e. The van der Waals surface area contributed by atoms with Gasteiger partial charge in [0.05, 0.1) is 19.8 Å². The normalized spacial score (nSPS) is 21.1. The summed E-state index contributed by atoms with van der Waals surface area (Å²) in [5.74, 6) is 3.33. The van der Waals surface area contributed by atoms with Gasteiger partial charge in [-0.15, -0.1) is 21.5 Å². The van der Waals surface area contributed by atoms with Crippen LogP contribution in [0.5, 0.6) is 11.5 Å². The Morgan fingerprint density at radius 2 is 1.92 bits per heavy atom. The Morgan fingerprint density at radius 3 is 2.64 bits per heavy atom. The van der Waals surface area contributed by atoms with Crippen LogP contribution >= 0.6 is 11.3 Å². The minimum absolute atomic E-state index is 0. The maximum Gasteiger partial charge on any atom is 0.254 e. The lowest BCUT2D eigenvalue weighted by Crippen LogP contribution is -2.45. The monoisotopic (exact) mass is 697 g/mol. The topological polar surface area (TPSA) is 124 Å². The van der Waals surface area contributed by atoms with Gasteiger partial charge in [0.25, 0.3) is 5.91 Å². The molecule has 3 saturated carbocycles. The van der Waals surface area contributed by atoms with Gasteiger partial charge in [-0.25, -0.2) is 0 Å². The molecule has 3 fully saturated rings. The number of anilines is 2. The number of nitrogens with zero attached hydrogens (tertiary/aromatic N) is 5. The lowest BCUT2D eigenvalue weighted by molar-refractivity contribution is -0.117. The number of rotatable bonds is 13. The minimum atomic E-state index is -0.0792. The number of carbonyl (C=O) groups is 2. The Balaban J connectivity index is 0.00000406. The van der Waals surface area contributed by atoms with E-state index in [1.54, 1.807) is 25.6 Å². The molecule has 8 rings (SSSR count). The average molecular weight is 698 g/mol. The summed E-state index contributed by atoms with van der Waals surface area (Å²) in [6, 6.07) is 10.5. The van der Waals surface area contributed by atoms with Crippen LogP contribution in [0.25, 0.3) is 0 Å². The van der Waals surface area contributed by atoms with Crippen LogP contribution in [0, 0.1) is 18.8 Å². The van der Waals surface area contributed by atoms with Crippen molar-refractivity contribution >= 4 is 34.1 Å². The van der Waals surface area contributed by atoms with Gasteiger partial charge in [0.15, 0.2) is 0 Å². The summed E-state index contributed by atoms with van der Waals surface area (Å²) in [7, 11) is 3.35. The molecule has 2 amide bonds. The van der Waals surface area contributed by atoms with E-state index < -0.39 is 0 Å². The number of hydrogen-bond donors (Lipinski definition) is 2. The molecule has 0 spiro atoms. The van der Waals surface area contributed by atoms with Crippen molar-refractivity contribution in [1.82, 2.24) is 25.1 Å². The maximum absolute atomic E-state index is 13.8. The molecule has 0 aliphatic heterocycles. The van der Waals surface area contributed by atoms with Crippen LogP contribution in [0.3, 0.4) is 0 Å². The number of ether oxygens (including phenoxy) is 2. The molecule has 0 radical (unpaired) electrons. The molecule has 12 heteroatoms. The fourth-order valence-electron chi connectivity index (χ4n) is 7.40. The number of amides is 2. The number of methoxy groups -OCH3 is 2. The van der Waals surface area contributed by atoms with E-state index in [4.69, 9.17) is 14.6 Å². The van der Waals surface area contributed by atoms with Crippen LogP contribution < -0.4 is 25.0 Å². The van der Waals surface area contributed by atoms with Crippen molar-refractivity contribution in [2.75, 3.05) is 31.0 Å². The molecule has 4 aliphatic carbocycles. The molecule has 4 aliphatic rings. The number of hydrogen-bond acceptors (Lipinski definition) is 9. The molecule has 0 saturated heterocycles. The second kappa shape index (κ2) is 13.7. The highest BCUT2D eigenvalue weighted by atomic mass is 32.1. The second-order valence-corrected chi connectivity index (χ2v) is 15.5. The second-order valence-electron chi connectivity index (χ2n) is 14.4. The number of carbonyl (C=O) groups excluding carboxylic acids is 2. The molecule has 3 heterocycles. The van der Waals surface area contributed by atoms with Gasteiger partial charge in [0.1, 0.15) is 22.8 Å². The predicted octanol–water partition coefficient (Wildman–Crippen LogP) is 6.48. The van der Waals surface area contributed by atoms with Gasteiger partial charge in [-0.1, -0.05) is 6.07 Å². The lowest BCUT2D eigenvalue weighted by atomic mass is 9.75. The SMILES string of the molecule is COc1ccc(CN(c2nncn2[C@H]2CCc3sc(NC(=O)C4CC4)c(C(=O)NCC4CC4)c3C2)C2CC(c3ccc(C)nc3)C2)c(OC)c1.[HH]. The summed E-state index contributed by atoms with van der Waals surface area (Å²) in [4.78, 5) is 34.8. The third-order valence-electron chi connectivity index (χ3n) is 10.9. The zero-order chi connectivity index (χ0) is 34.4. The van der Waals surface area contributed by atoms with Crippen molar-refractivity contribution < 1.29 is 20.5 Å². The molecule has 1 aromatic carbocycles. The first-order valence-corrected chi connectivity index (χ1v) is 18.7.